The second-order valence-electron chi connectivity index (χ2n) is 3.79. The van der Waals surface area contributed by atoms with E-state index in [4.69, 9.17) is 23.2 Å². The van der Waals surface area contributed by atoms with E-state index in [1.165, 1.54) is 12.2 Å². The largest absolute Gasteiger partial charge is 0.460 e. The van der Waals surface area contributed by atoms with Gasteiger partial charge in [0.1, 0.15) is 0 Å². The van der Waals surface area contributed by atoms with Crippen molar-refractivity contribution < 1.29 is 19.1 Å². The lowest BCUT2D eigenvalue weighted by Crippen LogP contribution is -2.19. The van der Waals surface area contributed by atoms with E-state index >= 15 is 0 Å². The van der Waals surface area contributed by atoms with Gasteiger partial charge in [0, 0.05) is 0 Å². The Bertz CT molecular complexity index is 564. The van der Waals surface area contributed by atoms with E-state index in [0.717, 1.165) is 0 Å². The van der Waals surface area contributed by atoms with Crippen LogP contribution in [0.4, 0.5) is 0 Å². The number of ether oxygens (including phenoxy) is 1. The van der Waals surface area contributed by atoms with Crippen LogP contribution in [0.3, 0.4) is 0 Å². The number of benzene rings is 1. The number of carbonyl (C=O) groups is 3. The van der Waals surface area contributed by atoms with Crippen LogP contribution in [0.5, 0.6) is 0 Å². The number of rotatable bonds is 6. The molecule has 0 N–H and O–H groups in total. The molecule has 0 radical (unpaired) electrons. The molecule has 0 aliphatic carbocycles. The van der Waals surface area contributed by atoms with Gasteiger partial charge >= 0.3 is 5.97 Å². The van der Waals surface area contributed by atoms with Gasteiger partial charge in [0.05, 0.1) is 23.1 Å². The lowest BCUT2D eigenvalue weighted by molar-refractivity contribution is -0.154. The molecule has 0 heterocycles. The van der Waals surface area contributed by atoms with E-state index in [1.807, 2.05) is 0 Å². The maximum absolute atomic E-state index is 11.5. The summed E-state index contributed by atoms with van der Waals surface area (Å²) >= 11 is 11.6. The molecule has 1 aromatic carbocycles. The molecule has 0 saturated heterocycles. The first-order valence-corrected chi connectivity index (χ1v) is 6.55. The summed E-state index contributed by atoms with van der Waals surface area (Å²) in [5, 5.41) is 0.775. The van der Waals surface area contributed by atoms with Gasteiger partial charge in [-0.1, -0.05) is 35.3 Å². The Balaban J connectivity index is 2.61. The van der Waals surface area contributed by atoms with Crippen molar-refractivity contribution in [3.63, 3.8) is 0 Å². The van der Waals surface area contributed by atoms with Crippen LogP contribution in [0.2, 0.25) is 10.0 Å². The number of esters is 1. The zero-order chi connectivity index (χ0) is 15.1. The topological polar surface area (TPSA) is 60.4 Å². The van der Waals surface area contributed by atoms with E-state index in [1.54, 1.807) is 25.1 Å². The molecule has 0 amide bonds. The van der Waals surface area contributed by atoms with E-state index in [2.05, 4.69) is 4.74 Å². The summed E-state index contributed by atoms with van der Waals surface area (Å²) in [5.41, 5.74) is 0.663. The molecule has 0 aliphatic heterocycles. The average Bonchev–Trinajstić information content (AvgIpc) is 2.40. The molecule has 0 bridgehead atoms. The minimum Gasteiger partial charge on any atom is -0.460 e. The fraction of sp³-hybridized carbons (Fsp3) is 0.214. The number of allylic oxidation sites excluding steroid dienone is 1. The van der Waals surface area contributed by atoms with Gasteiger partial charge < -0.3 is 4.74 Å². The maximum atomic E-state index is 11.5. The van der Waals surface area contributed by atoms with Crippen LogP contribution < -0.4 is 0 Å². The van der Waals surface area contributed by atoms with Crippen molar-refractivity contribution >= 4 is 46.8 Å². The number of Topliss-reactive ketones (excluding diaryl/α,β-unsaturated/α-hetero) is 1. The normalized spacial score (nSPS) is 10.6. The summed E-state index contributed by atoms with van der Waals surface area (Å²) in [6, 6.07) is 4.85. The first-order chi connectivity index (χ1) is 9.43. The van der Waals surface area contributed by atoms with Gasteiger partial charge in [-0.05, 0) is 30.7 Å². The highest BCUT2D eigenvalue weighted by molar-refractivity contribution is 6.42. The maximum Gasteiger partial charge on any atom is 0.375 e. The number of halogens is 2. The minimum absolute atomic E-state index is 0.0951. The fourth-order valence-corrected chi connectivity index (χ4v) is 1.61. The first-order valence-electron chi connectivity index (χ1n) is 5.80. The molecule has 0 aromatic heterocycles. The van der Waals surface area contributed by atoms with Crippen LogP contribution in [0.1, 0.15) is 18.9 Å². The van der Waals surface area contributed by atoms with Crippen LogP contribution in [0, 0.1) is 0 Å². The summed E-state index contributed by atoms with van der Waals surface area (Å²) in [4.78, 5) is 33.9. The predicted octanol–water partition coefficient (Wildman–Crippen LogP) is 3.10. The average molecular weight is 315 g/mol. The Kier molecular flexibility index (Phi) is 6.42. The van der Waals surface area contributed by atoms with Crippen LogP contribution in [0.25, 0.3) is 6.08 Å². The Morgan fingerprint density at radius 1 is 1.20 bits per heavy atom. The Hall–Kier alpha value is -1.65. The molecule has 20 heavy (non-hydrogen) atoms. The summed E-state index contributed by atoms with van der Waals surface area (Å²) in [5.74, 6) is -2.35. The molecule has 0 aliphatic rings. The Morgan fingerprint density at radius 2 is 1.90 bits per heavy atom. The van der Waals surface area contributed by atoms with Gasteiger partial charge in [-0.25, -0.2) is 4.79 Å². The van der Waals surface area contributed by atoms with Gasteiger partial charge in [-0.2, -0.15) is 0 Å². The van der Waals surface area contributed by atoms with Crippen LogP contribution >= 0.6 is 23.2 Å². The quantitative estimate of drug-likeness (QED) is 0.350. The molecular weight excluding hydrogens is 303 g/mol. The SMILES string of the molecule is CCOC(=O)C(=O)CC(=O)/C=C/c1ccc(Cl)c(Cl)c1. The van der Waals surface area contributed by atoms with Gasteiger partial charge in [0.15, 0.2) is 5.78 Å². The third kappa shape index (κ3) is 5.15. The minimum atomic E-state index is -0.996. The van der Waals surface area contributed by atoms with Crippen LogP contribution in [0.15, 0.2) is 24.3 Å². The monoisotopic (exact) mass is 314 g/mol. The predicted molar refractivity (Wildman–Crippen MR) is 76.8 cm³/mol. The highest BCUT2D eigenvalue weighted by atomic mass is 35.5. The fourth-order valence-electron chi connectivity index (χ4n) is 1.31. The number of ketones is 2. The van der Waals surface area contributed by atoms with Crippen molar-refractivity contribution in [1.82, 2.24) is 0 Å². The van der Waals surface area contributed by atoms with E-state index in [-0.39, 0.29) is 6.61 Å². The van der Waals surface area contributed by atoms with E-state index in [0.29, 0.717) is 15.6 Å². The molecule has 106 valence electrons. The summed E-state index contributed by atoms with van der Waals surface area (Å²) in [6.07, 6.45) is 2.18. The van der Waals surface area contributed by atoms with Crippen molar-refractivity contribution in [1.29, 1.82) is 0 Å². The molecule has 1 aromatic rings. The summed E-state index contributed by atoms with van der Waals surface area (Å²) in [6.45, 7) is 1.68. The van der Waals surface area contributed by atoms with Crippen molar-refractivity contribution in [2.45, 2.75) is 13.3 Å². The molecule has 0 atom stereocenters. The summed E-state index contributed by atoms with van der Waals surface area (Å²) < 4.78 is 4.50. The standard InChI is InChI=1S/C14H12Cl2O4/c1-2-20-14(19)13(18)8-10(17)5-3-9-4-6-11(15)12(16)7-9/h3-7H,2,8H2,1H3/b5-3+. The van der Waals surface area contributed by atoms with Crippen LogP contribution in [-0.2, 0) is 19.1 Å². The highest BCUT2D eigenvalue weighted by Crippen LogP contribution is 2.23. The highest BCUT2D eigenvalue weighted by Gasteiger charge is 2.17. The molecule has 0 unspecified atom stereocenters. The van der Waals surface area contributed by atoms with Gasteiger partial charge in [-0.15, -0.1) is 0 Å². The third-order valence-corrected chi connectivity index (χ3v) is 2.98. The molecular formula is C14H12Cl2O4. The lowest BCUT2D eigenvalue weighted by Gasteiger charge is -1.99. The van der Waals surface area contributed by atoms with Crippen molar-refractivity contribution in [3.8, 4) is 0 Å². The zero-order valence-electron chi connectivity index (χ0n) is 10.7. The number of hydrogen-bond donors (Lipinski definition) is 0. The number of hydrogen-bond acceptors (Lipinski definition) is 4. The molecule has 1 rings (SSSR count). The molecule has 0 saturated carbocycles. The Morgan fingerprint density at radius 3 is 2.50 bits per heavy atom. The van der Waals surface area contributed by atoms with Crippen LogP contribution in [-0.4, -0.2) is 24.1 Å². The van der Waals surface area contributed by atoms with E-state index in [9.17, 15) is 14.4 Å². The molecule has 6 heteroatoms. The summed E-state index contributed by atoms with van der Waals surface area (Å²) in [7, 11) is 0. The van der Waals surface area contributed by atoms with Gasteiger partial charge in [0.2, 0.25) is 5.78 Å². The second kappa shape index (κ2) is 7.82. The van der Waals surface area contributed by atoms with E-state index < -0.39 is 24.0 Å². The third-order valence-electron chi connectivity index (χ3n) is 2.24. The van der Waals surface area contributed by atoms with Crippen molar-refractivity contribution in [3.05, 3.63) is 39.9 Å². The Labute approximate surface area is 126 Å². The zero-order valence-corrected chi connectivity index (χ0v) is 12.2. The molecule has 0 spiro atoms. The smallest absolute Gasteiger partial charge is 0.375 e. The van der Waals surface area contributed by atoms with Crippen molar-refractivity contribution in [2.24, 2.45) is 0 Å². The second-order valence-corrected chi connectivity index (χ2v) is 4.61. The first kappa shape index (κ1) is 16.4. The number of carbonyl (C=O) groups excluding carboxylic acids is 3. The van der Waals surface area contributed by atoms with Gasteiger partial charge in [-0.3, -0.25) is 9.59 Å². The molecule has 4 nitrogen and oxygen atoms in total. The van der Waals surface area contributed by atoms with Gasteiger partial charge in [0.25, 0.3) is 0 Å². The van der Waals surface area contributed by atoms with Crippen molar-refractivity contribution in [2.75, 3.05) is 6.61 Å². The lowest BCUT2D eigenvalue weighted by atomic mass is 10.1. The molecule has 0 fully saturated rings.